The zero-order chi connectivity index (χ0) is 20.5. The molecule has 0 saturated heterocycles. The second kappa shape index (κ2) is 7.53. The van der Waals surface area contributed by atoms with E-state index in [2.05, 4.69) is 20.4 Å². The van der Waals surface area contributed by atoms with Gasteiger partial charge >= 0.3 is 5.97 Å². The molecular weight excluding hydrogens is 358 g/mol. The van der Waals surface area contributed by atoms with E-state index in [-0.39, 0.29) is 17.4 Å². The van der Waals surface area contributed by atoms with Crippen LogP contribution >= 0.6 is 0 Å². The number of nitrogens with zero attached hydrogens (tertiary/aromatic N) is 4. The fraction of sp³-hybridized carbons (Fsp3) is 0.450. The number of esters is 1. The lowest BCUT2D eigenvalue weighted by molar-refractivity contribution is -0.124. The van der Waals surface area contributed by atoms with Crippen LogP contribution in [-0.2, 0) is 16.6 Å². The zero-order valence-corrected chi connectivity index (χ0v) is 16.8. The Labute approximate surface area is 164 Å². The standard InChI is InChI=1S/C20H25N5O3/c1-6-15(13-10-22-25(5)11-13)28-18(26)14-8-7-9-21-16(14)17-23-19(27)20(4,24-17)12(2)3/h7-12,15H,6H2,1-5H3,(H,23,24,27). The quantitative estimate of drug-likeness (QED) is 0.773. The molecule has 1 N–H and O–H groups in total. The van der Waals surface area contributed by atoms with E-state index in [4.69, 9.17) is 4.74 Å². The van der Waals surface area contributed by atoms with Crippen LogP contribution < -0.4 is 5.32 Å². The Kier molecular flexibility index (Phi) is 5.31. The third-order valence-electron chi connectivity index (χ3n) is 5.13. The van der Waals surface area contributed by atoms with Crippen LogP contribution in [0.4, 0.5) is 0 Å². The van der Waals surface area contributed by atoms with Crippen molar-refractivity contribution in [2.75, 3.05) is 0 Å². The molecule has 0 spiro atoms. The summed E-state index contributed by atoms with van der Waals surface area (Å²) in [5.74, 6) is -0.430. The summed E-state index contributed by atoms with van der Waals surface area (Å²) in [5.41, 5.74) is 0.501. The number of rotatable bonds is 6. The van der Waals surface area contributed by atoms with Gasteiger partial charge < -0.3 is 10.1 Å². The van der Waals surface area contributed by atoms with Gasteiger partial charge in [0.15, 0.2) is 5.84 Å². The van der Waals surface area contributed by atoms with E-state index >= 15 is 0 Å². The highest BCUT2D eigenvalue weighted by atomic mass is 16.5. The highest BCUT2D eigenvalue weighted by Gasteiger charge is 2.43. The van der Waals surface area contributed by atoms with Crippen molar-refractivity contribution >= 4 is 17.7 Å². The first-order valence-corrected chi connectivity index (χ1v) is 9.32. The molecule has 0 aliphatic carbocycles. The number of hydrogen-bond acceptors (Lipinski definition) is 6. The molecule has 3 heterocycles. The number of carbonyl (C=O) groups excluding carboxylic acids is 2. The lowest BCUT2D eigenvalue weighted by Gasteiger charge is -2.21. The number of hydrogen-bond donors (Lipinski definition) is 1. The Balaban J connectivity index is 1.90. The van der Waals surface area contributed by atoms with E-state index in [0.29, 0.717) is 18.0 Å². The second-order valence-corrected chi connectivity index (χ2v) is 7.37. The molecule has 0 saturated carbocycles. The monoisotopic (exact) mass is 383 g/mol. The Morgan fingerprint density at radius 3 is 2.71 bits per heavy atom. The van der Waals surface area contributed by atoms with E-state index in [1.165, 1.54) is 0 Å². The van der Waals surface area contributed by atoms with Gasteiger partial charge in [-0.15, -0.1) is 0 Å². The summed E-state index contributed by atoms with van der Waals surface area (Å²) >= 11 is 0. The number of aryl methyl sites for hydroxylation is 1. The van der Waals surface area contributed by atoms with Crippen molar-refractivity contribution in [1.29, 1.82) is 0 Å². The molecule has 0 bridgehead atoms. The van der Waals surface area contributed by atoms with Crippen LogP contribution in [0.1, 0.15) is 61.8 Å². The molecule has 2 aromatic rings. The molecule has 1 aliphatic heterocycles. The average molecular weight is 383 g/mol. The number of aromatic nitrogens is 3. The summed E-state index contributed by atoms with van der Waals surface area (Å²) in [6, 6.07) is 3.28. The van der Waals surface area contributed by atoms with Gasteiger partial charge in [-0.05, 0) is 31.4 Å². The van der Waals surface area contributed by atoms with Gasteiger partial charge in [0, 0.05) is 25.0 Å². The van der Waals surface area contributed by atoms with Gasteiger partial charge in [-0.2, -0.15) is 5.10 Å². The second-order valence-electron chi connectivity index (χ2n) is 7.37. The molecule has 1 aliphatic rings. The van der Waals surface area contributed by atoms with Gasteiger partial charge in [-0.25, -0.2) is 9.79 Å². The molecule has 2 aromatic heterocycles. The Bertz CT molecular complexity index is 933. The largest absolute Gasteiger partial charge is 0.454 e. The number of amides is 1. The molecule has 28 heavy (non-hydrogen) atoms. The van der Waals surface area contributed by atoms with Crippen LogP contribution in [0.2, 0.25) is 0 Å². The van der Waals surface area contributed by atoms with E-state index in [0.717, 1.165) is 5.56 Å². The maximum absolute atomic E-state index is 12.9. The van der Waals surface area contributed by atoms with Crippen LogP contribution in [0.3, 0.4) is 0 Å². The van der Waals surface area contributed by atoms with Crippen molar-refractivity contribution in [1.82, 2.24) is 20.1 Å². The Morgan fingerprint density at radius 1 is 1.39 bits per heavy atom. The van der Waals surface area contributed by atoms with Crippen molar-refractivity contribution in [2.24, 2.45) is 18.0 Å². The maximum Gasteiger partial charge on any atom is 0.341 e. The number of ether oxygens (including phenoxy) is 1. The topological polar surface area (TPSA) is 98.5 Å². The lowest BCUT2D eigenvalue weighted by Crippen LogP contribution is -2.41. The van der Waals surface area contributed by atoms with Crippen LogP contribution in [-0.4, -0.2) is 38.0 Å². The minimum Gasteiger partial charge on any atom is -0.454 e. The first kappa shape index (κ1) is 19.7. The minimum absolute atomic E-state index is 0.000772. The summed E-state index contributed by atoms with van der Waals surface area (Å²) in [7, 11) is 1.81. The van der Waals surface area contributed by atoms with E-state index in [9.17, 15) is 9.59 Å². The maximum atomic E-state index is 12.9. The van der Waals surface area contributed by atoms with E-state index in [1.807, 2.05) is 34.0 Å². The molecule has 148 valence electrons. The summed E-state index contributed by atoms with van der Waals surface area (Å²) in [5, 5.41) is 6.90. The van der Waals surface area contributed by atoms with Crippen molar-refractivity contribution in [3.63, 3.8) is 0 Å². The van der Waals surface area contributed by atoms with E-state index < -0.39 is 17.6 Å². The normalized spacial score (nSPS) is 20.1. The molecule has 8 nitrogen and oxygen atoms in total. The lowest BCUT2D eigenvalue weighted by atomic mass is 9.89. The van der Waals surface area contributed by atoms with Gasteiger partial charge in [0.1, 0.15) is 17.3 Å². The highest BCUT2D eigenvalue weighted by Crippen LogP contribution is 2.28. The fourth-order valence-corrected chi connectivity index (χ4v) is 2.99. The van der Waals surface area contributed by atoms with Crippen molar-refractivity contribution in [3.05, 3.63) is 47.5 Å². The molecular formula is C20H25N5O3. The van der Waals surface area contributed by atoms with Crippen molar-refractivity contribution in [2.45, 2.75) is 45.8 Å². The predicted octanol–water partition coefficient (Wildman–Crippen LogP) is 2.41. The first-order valence-electron chi connectivity index (χ1n) is 9.32. The van der Waals surface area contributed by atoms with Gasteiger partial charge in [-0.1, -0.05) is 20.8 Å². The first-order chi connectivity index (χ1) is 13.3. The molecule has 2 atom stereocenters. The average Bonchev–Trinajstić information content (AvgIpc) is 3.23. The van der Waals surface area contributed by atoms with Gasteiger partial charge in [0.2, 0.25) is 0 Å². The Hall–Kier alpha value is -3.03. The number of amidine groups is 1. The third-order valence-corrected chi connectivity index (χ3v) is 5.13. The smallest absolute Gasteiger partial charge is 0.341 e. The van der Waals surface area contributed by atoms with Crippen LogP contribution in [0, 0.1) is 5.92 Å². The van der Waals surface area contributed by atoms with Crippen LogP contribution in [0.5, 0.6) is 0 Å². The molecule has 1 amide bonds. The third kappa shape index (κ3) is 3.54. The SMILES string of the molecule is CCC(OC(=O)c1cccnc1C1=NC(C)(C(C)C)C(=O)N1)c1cnn(C)c1. The molecule has 0 radical (unpaired) electrons. The number of nitrogens with one attached hydrogen (secondary N) is 1. The number of aliphatic imine (C=N–C) groups is 1. The van der Waals surface area contributed by atoms with Gasteiger partial charge in [0.05, 0.1) is 11.8 Å². The molecule has 2 unspecified atom stereocenters. The van der Waals surface area contributed by atoms with Gasteiger partial charge in [-0.3, -0.25) is 14.5 Å². The summed E-state index contributed by atoms with van der Waals surface area (Å²) < 4.78 is 7.38. The van der Waals surface area contributed by atoms with Crippen LogP contribution in [0.15, 0.2) is 35.7 Å². The number of carbonyl (C=O) groups is 2. The van der Waals surface area contributed by atoms with Gasteiger partial charge in [0.25, 0.3) is 5.91 Å². The van der Waals surface area contributed by atoms with Crippen molar-refractivity contribution < 1.29 is 14.3 Å². The number of pyridine rings is 1. The fourth-order valence-electron chi connectivity index (χ4n) is 2.99. The highest BCUT2D eigenvalue weighted by molar-refractivity contribution is 6.17. The summed E-state index contributed by atoms with van der Waals surface area (Å²) in [6.07, 6.45) is 5.25. The minimum atomic E-state index is -0.893. The zero-order valence-electron chi connectivity index (χ0n) is 16.8. The predicted molar refractivity (Wildman–Crippen MR) is 104 cm³/mol. The van der Waals surface area contributed by atoms with Crippen LogP contribution in [0.25, 0.3) is 0 Å². The summed E-state index contributed by atoms with van der Waals surface area (Å²) in [4.78, 5) is 34.2. The van der Waals surface area contributed by atoms with E-state index in [1.54, 1.807) is 36.1 Å². The molecule has 0 aromatic carbocycles. The molecule has 3 rings (SSSR count). The Morgan fingerprint density at radius 2 is 2.14 bits per heavy atom. The van der Waals surface area contributed by atoms with Crippen molar-refractivity contribution in [3.8, 4) is 0 Å². The summed E-state index contributed by atoms with van der Waals surface area (Å²) in [6.45, 7) is 7.57. The molecule has 0 fully saturated rings. The molecule has 8 heteroatoms.